The maximum Gasteiger partial charge on any atom is 0.238 e. The molecule has 0 radical (unpaired) electrons. The third kappa shape index (κ3) is 4.92. The smallest absolute Gasteiger partial charge is 0.238 e. The standard InChI is InChI=1S/C29H30N2O2S/c30-34(32,33)26-15-11-22(12-16-26)6-5-19-31-20-17-25(18-21-31)29-27-9-3-1-7-23(27)13-14-24-8-2-4-10-28(24)29/h1-12,15-16H,13-14,17-21H2,(H2,30,32,33). The number of likely N-dealkylation sites (tertiary alicyclic amines) is 1. The van der Waals surface area contributed by atoms with Crippen LogP contribution in [0.4, 0.5) is 0 Å². The third-order valence-electron chi connectivity index (χ3n) is 6.93. The van der Waals surface area contributed by atoms with E-state index < -0.39 is 10.0 Å². The molecule has 0 bridgehead atoms. The lowest BCUT2D eigenvalue weighted by Crippen LogP contribution is -2.31. The van der Waals surface area contributed by atoms with Crippen LogP contribution in [0.15, 0.2) is 89.3 Å². The molecule has 2 aliphatic rings. The summed E-state index contributed by atoms with van der Waals surface area (Å²) in [5, 5.41) is 5.17. The van der Waals surface area contributed by atoms with Gasteiger partial charge in [-0.25, -0.2) is 13.6 Å². The Balaban J connectivity index is 1.31. The highest BCUT2D eigenvalue weighted by molar-refractivity contribution is 7.89. The Morgan fingerprint density at radius 2 is 1.32 bits per heavy atom. The highest BCUT2D eigenvalue weighted by Crippen LogP contribution is 2.38. The molecular formula is C29H30N2O2S. The Bertz CT molecular complexity index is 1300. The molecule has 5 heteroatoms. The van der Waals surface area contributed by atoms with Gasteiger partial charge in [-0.05, 0) is 71.2 Å². The first-order valence-corrected chi connectivity index (χ1v) is 13.4. The summed E-state index contributed by atoms with van der Waals surface area (Å²) in [4.78, 5) is 2.62. The number of nitrogens with zero attached hydrogens (tertiary/aromatic N) is 1. The Hall–Kier alpha value is -2.99. The van der Waals surface area contributed by atoms with Crippen LogP contribution >= 0.6 is 0 Å². The molecule has 34 heavy (non-hydrogen) atoms. The normalized spacial score (nSPS) is 16.9. The predicted octanol–water partition coefficient (Wildman–Crippen LogP) is 5.04. The summed E-state index contributed by atoms with van der Waals surface area (Å²) in [6, 6.07) is 24.5. The van der Waals surface area contributed by atoms with Crippen molar-refractivity contribution >= 4 is 21.7 Å². The van der Waals surface area contributed by atoms with E-state index >= 15 is 0 Å². The van der Waals surface area contributed by atoms with E-state index in [2.05, 4.69) is 59.5 Å². The molecule has 1 heterocycles. The van der Waals surface area contributed by atoms with E-state index in [0.29, 0.717) is 0 Å². The van der Waals surface area contributed by atoms with E-state index in [9.17, 15) is 8.42 Å². The minimum absolute atomic E-state index is 0.142. The number of piperidine rings is 1. The molecule has 1 saturated heterocycles. The highest BCUT2D eigenvalue weighted by atomic mass is 32.2. The topological polar surface area (TPSA) is 63.4 Å². The minimum Gasteiger partial charge on any atom is -0.299 e. The summed E-state index contributed by atoms with van der Waals surface area (Å²) >= 11 is 0. The van der Waals surface area contributed by atoms with Crippen LogP contribution in [0.2, 0.25) is 0 Å². The summed E-state index contributed by atoms with van der Waals surface area (Å²) in [6.07, 6.45) is 8.54. The summed E-state index contributed by atoms with van der Waals surface area (Å²) in [7, 11) is -3.65. The Labute approximate surface area is 202 Å². The molecule has 0 atom stereocenters. The van der Waals surface area contributed by atoms with Gasteiger partial charge in [0.15, 0.2) is 0 Å². The van der Waals surface area contributed by atoms with Crippen molar-refractivity contribution in [2.45, 2.75) is 30.6 Å². The van der Waals surface area contributed by atoms with Gasteiger partial charge in [-0.15, -0.1) is 0 Å². The minimum atomic E-state index is -3.65. The van der Waals surface area contributed by atoms with Crippen LogP contribution in [0.1, 0.15) is 40.7 Å². The van der Waals surface area contributed by atoms with Crippen molar-refractivity contribution < 1.29 is 8.42 Å². The fourth-order valence-electron chi connectivity index (χ4n) is 5.12. The molecule has 3 aromatic carbocycles. The van der Waals surface area contributed by atoms with E-state index in [1.807, 2.05) is 6.08 Å². The number of rotatable bonds is 4. The molecular weight excluding hydrogens is 440 g/mol. The number of hydrogen-bond donors (Lipinski definition) is 1. The second kappa shape index (κ2) is 9.71. The lowest BCUT2D eigenvalue weighted by molar-refractivity contribution is 0.284. The van der Waals surface area contributed by atoms with Gasteiger partial charge in [0, 0.05) is 19.6 Å². The summed E-state index contributed by atoms with van der Waals surface area (Å²) in [6.45, 7) is 2.96. The maximum absolute atomic E-state index is 11.4. The first-order chi connectivity index (χ1) is 16.5. The number of primary sulfonamides is 1. The van der Waals surface area contributed by atoms with Crippen LogP contribution in [0.3, 0.4) is 0 Å². The number of benzene rings is 3. The average Bonchev–Trinajstić information content (AvgIpc) is 3.01. The number of aryl methyl sites for hydroxylation is 2. The van der Waals surface area contributed by atoms with Gasteiger partial charge >= 0.3 is 0 Å². The average molecular weight is 471 g/mol. The molecule has 5 rings (SSSR count). The zero-order chi connectivity index (χ0) is 23.5. The van der Waals surface area contributed by atoms with E-state index in [1.54, 1.807) is 29.8 Å². The molecule has 2 N–H and O–H groups in total. The highest BCUT2D eigenvalue weighted by Gasteiger charge is 2.23. The van der Waals surface area contributed by atoms with Crippen molar-refractivity contribution in [3.63, 3.8) is 0 Å². The molecule has 174 valence electrons. The molecule has 0 unspecified atom stereocenters. The molecule has 1 aliphatic carbocycles. The molecule has 0 saturated carbocycles. The predicted molar refractivity (Wildman–Crippen MR) is 139 cm³/mol. The Kier molecular flexibility index (Phi) is 6.50. The van der Waals surface area contributed by atoms with Crippen molar-refractivity contribution in [3.8, 4) is 0 Å². The summed E-state index contributed by atoms with van der Waals surface area (Å²) in [5.74, 6) is 0. The monoisotopic (exact) mass is 470 g/mol. The van der Waals surface area contributed by atoms with Gasteiger partial charge in [0.25, 0.3) is 0 Å². The van der Waals surface area contributed by atoms with Crippen molar-refractivity contribution in [2.24, 2.45) is 5.14 Å². The van der Waals surface area contributed by atoms with Crippen LogP contribution < -0.4 is 5.14 Å². The van der Waals surface area contributed by atoms with Crippen molar-refractivity contribution in [1.82, 2.24) is 4.90 Å². The van der Waals surface area contributed by atoms with Gasteiger partial charge in [0.1, 0.15) is 0 Å². The summed E-state index contributed by atoms with van der Waals surface area (Å²) in [5.41, 5.74) is 9.76. The van der Waals surface area contributed by atoms with Crippen LogP contribution in [0.25, 0.3) is 11.6 Å². The van der Waals surface area contributed by atoms with E-state index in [0.717, 1.165) is 50.9 Å². The van der Waals surface area contributed by atoms with Crippen LogP contribution in [-0.4, -0.2) is 33.0 Å². The number of hydrogen-bond acceptors (Lipinski definition) is 3. The number of fused-ring (bicyclic) bond motifs is 2. The maximum atomic E-state index is 11.4. The molecule has 0 spiro atoms. The van der Waals surface area contributed by atoms with Gasteiger partial charge in [-0.1, -0.05) is 78.4 Å². The second-order valence-electron chi connectivity index (χ2n) is 9.11. The Morgan fingerprint density at radius 3 is 1.88 bits per heavy atom. The Morgan fingerprint density at radius 1 is 0.765 bits per heavy atom. The van der Waals surface area contributed by atoms with Crippen molar-refractivity contribution in [1.29, 1.82) is 0 Å². The van der Waals surface area contributed by atoms with E-state index in [1.165, 1.54) is 27.8 Å². The molecule has 0 aromatic heterocycles. The first kappa shape index (κ1) is 22.8. The fourth-order valence-corrected chi connectivity index (χ4v) is 5.64. The van der Waals surface area contributed by atoms with E-state index in [-0.39, 0.29) is 4.90 Å². The lowest BCUT2D eigenvalue weighted by atomic mass is 9.86. The van der Waals surface area contributed by atoms with Crippen LogP contribution in [0, 0.1) is 0 Å². The van der Waals surface area contributed by atoms with Gasteiger partial charge in [0.05, 0.1) is 4.90 Å². The molecule has 4 nitrogen and oxygen atoms in total. The lowest BCUT2D eigenvalue weighted by Gasteiger charge is -2.29. The van der Waals surface area contributed by atoms with Crippen LogP contribution in [-0.2, 0) is 22.9 Å². The fraction of sp³-hybridized carbons (Fsp3) is 0.241. The van der Waals surface area contributed by atoms with Crippen molar-refractivity contribution in [2.75, 3.05) is 19.6 Å². The molecule has 3 aromatic rings. The van der Waals surface area contributed by atoms with Gasteiger partial charge in [-0.3, -0.25) is 4.90 Å². The van der Waals surface area contributed by atoms with E-state index in [4.69, 9.17) is 5.14 Å². The quantitative estimate of drug-likeness (QED) is 0.581. The molecule has 1 aliphatic heterocycles. The second-order valence-corrected chi connectivity index (χ2v) is 10.7. The SMILES string of the molecule is NS(=O)(=O)c1ccc(C=CCN2CCC(=C3c4ccccc4CCc4ccccc43)CC2)cc1. The zero-order valence-corrected chi connectivity index (χ0v) is 20.1. The van der Waals surface area contributed by atoms with Crippen LogP contribution in [0.5, 0.6) is 0 Å². The largest absolute Gasteiger partial charge is 0.299 e. The van der Waals surface area contributed by atoms with Gasteiger partial charge in [-0.2, -0.15) is 0 Å². The van der Waals surface area contributed by atoms with Gasteiger partial charge < -0.3 is 0 Å². The van der Waals surface area contributed by atoms with Gasteiger partial charge in [0.2, 0.25) is 10.0 Å². The zero-order valence-electron chi connectivity index (χ0n) is 19.3. The number of sulfonamides is 1. The third-order valence-corrected chi connectivity index (χ3v) is 7.86. The number of nitrogens with two attached hydrogens (primary N) is 1. The first-order valence-electron chi connectivity index (χ1n) is 11.9. The molecule has 1 fully saturated rings. The molecule has 0 amide bonds. The summed E-state index contributed by atoms with van der Waals surface area (Å²) < 4.78 is 22.8. The van der Waals surface area contributed by atoms with Crippen molar-refractivity contribution in [3.05, 3.63) is 112 Å².